The fraction of sp³-hybridized carbons (Fsp3) is 1.00. The maximum absolute atomic E-state index is 12.9. The van der Waals surface area contributed by atoms with Crippen molar-refractivity contribution in [1.29, 1.82) is 0 Å². The topological polar surface area (TPSA) is 26.0 Å². The van der Waals surface area contributed by atoms with Crippen molar-refractivity contribution in [3.05, 3.63) is 0 Å². The Labute approximate surface area is 84.0 Å². The molecular weight excluding hydrogens is 184 g/mol. The van der Waals surface area contributed by atoms with Crippen LogP contribution in [0, 0.1) is 17.3 Å². The van der Waals surface area contributed by atoms with E-state index in [0.29, 0.717) is 24.7 Å². The lowest BCUT2D eigenvalue weighted by molar-refractivity contribution is -0.0493. The van der Waals surface area contributed by atoms with Crippen molar-refractivity contribution in [3.8, 4) is 0 Å². The van der Waals surface area contributed by atoms with Gasteiger partial charge in [0.1, 0.15) is 0 Å². The molecule has 0 aliphatic heterocycles. The van der Waals surface area contributed by atoms with Gasteiger partial charge in [-0.1, -0.05) is 13.8 Å². The second-order valence-electron chi connectivity index (χ2n) is 5.57. The molecule has 14 heavy (non-hydrogen) atoms. The van der Waals surface area contributed by atoms with E-state index in [1.165, 1.54) is 0 Å². The number of halogens is 2. The molecule has 2 rings (SSSR count). The third kappa shape index (κ3) is 1.56. The van der Waals surface area contributed by atoms with E-state index in [1.54, 1.807) is 0 Å². The summed E-state index contributed by atoms with van der Waals surface area (Å²) in [5.41, 5.74) is 6.15. The molecule has 1 nitrogen and oxygen atoms in total. The molecule has 2 atom stereocenters. The number of hydrogen-bond acceptors (Lipinski definition) is 1. The third-order valence-corrected chi connectivity index (χ3v) is 4.27. The molecule has 0 spiro atoms. The molecule has 2 unspecified atom stereocenters. The molecule has 2 N–H and O–H groups in total. The minimum Gasteiger partial charge on any atom is -0.327 e. The molecule has 2 aliphatic carbocycles. The summed E-state index contributed by atoms with van der Waals surface area (Å²) in [6, 6.07) is 0.235. The Kier molecular flexibility index (Phi) is 2.15. The zero-order valence-corrected chi connectivity index (χ0v) is 8.89. The number of nitrogens with two attached hydrogens (primary N) is 1. The highest BCUT2D eigenvalue weighted by Gasteiger charge is 2.59. The second kappa shape index (κ2) is 2.91. The van der Waals surface area contributed by atoms with Crippen LogP contribution in [0.4, 0.5) is 8.78 Å². The second-order valence-corrected chi connectivity index (χ2v) is 5.57. The van der Waals surface area contributed by atoms with Crippen LogP contribution in [0.25, 0.3) is 0 Å². The lowest BCUT2D eigenvalue weighted by Crippen LogP contribution is -2.26. The summed E-state index contributed by atoms with van der Waals surface area (Å²) in [7, 11) is 0. The van der Waals surface area contributed by atoms with E-state index in [0.717, 1.165) is 0 Å². The molecule has 2 fully saturated rings. The van der Waals surface area contributed by atoms with Crippen molar-refractivity contribution < 1.29 is 8.78 Å². The third-order valence-electron chi connectivity index (χ3n) is 4.27. The van der Waals surface area contributed by atoms with Crippen LogP contribution in [0.5, 0.6) is 0 Å². The van der Waals surface area contributed by atoms with E-state index in [2.05, 4.69) is 13.8 Å². The van der Waals surface area contributed by atoms with E-state index in [1.807, 2.05) is 0 Å². The van der Waals surface area contributed by atoms with Crippen LogP contribution < -0.4 is 5.73 Å². The molecule has 0 bridgehead atoms. The maximum atomic E-state index is 12.9. The van der Waals surface area contributed by atoms with E-state index < -0.39 is 5.92 Å². The molecule has 0 aromatic carbocycles. The fourth-order valence-electron chi connectivity index (χ4n) is 3.04. The molecule has 82 valence electrons. The van der Waals surface area contributed by atoms with Gasteiger partial charge in [-0.05, 0) is 30.1 Å². The van der Waals surface area contributed by atoms with Gasteiger partial charge in [-0.15, -0.1) is 0 Å². The summed E-state index contributed by atoms with van der Waals surface area (Å²) in [6.45, 7) is 4.30. The van der Waals surface area contributed by atoms with Gasteiger partial charge in [-0.3, -0.25) is 0 Å². The number of hydrogen-bond donors (Lipinski definition) is 1. The summed E-state index contributed by atoms with van der Waals surface area (Å²) in [5, 5.41) is 0. The molecule has 3 heteroatoms. The zero-order valence-electron chi connectivity index (χ0n) is 8.89. The Morgan fingerprint density at radius 2 is 1.57 bits per heavy atom. The Balaban J connectivity index is 1.92. The summed E-state index contributed by atoms with van der Waals surface area (Å²) in [6.07, 6.45) is 1.46. The van der Waals surface area contributed by atoms with E-state index in [9.17, 15) is 8.78 Å². The molecule has 0 radical (unpaired) electrons. The van der Waals surface area contributed by atoms with Crippen LogP contribution in [0.15, 0.2) is 0 Å². The molecule has 0 aromatic heterocycles. The van der Waals surface area contributed by atoms with Gasteiger partial charge in [0.05, 0.1) is 0 Å². The minimum atomic E-state index is -2.40. The van der Waals surface area contributed by atoms with Gasteiger partial charge in [-0.25, -0.2) is 8.78 Å². The van der Waals surface area contributed by atoms with E-state index in [-0.39, 0.29) is 24.3 Å². The van der Waals surface area contributed by atoms with Crippen LogP contribution in [0.2, 0.25) is 0 Å². The molecule has 2 saturated carbocycles. The average molecular weight is 203 g/mol. The first kappa shape index (κ1) is 10.3. The van der Waals surface area contributed by atoms with Crippen LogP contribution in [0.1, 0.15) is 39.5 Å². The normalized spacial score (nSPS) is 40.9. The standard InChI is InChI=1S/C11H19F2N/c1-10(2)8(9(10)14)7-3-5-11(12,13)6-4-7/h7-9H,3-6,14H2,1-2H3. The number of alkyl halides is 2. The first-order valence-electron chi connectivity index (χ1n) is 5.48. The Bertz CT molecular complexity index is 227. The SMILES string of the molecule is CC1(C)C(N)C1C1CCC(F)(F)CC1. The van der Waals surface area contributed by atoms with E-state index >= 15 is 0 Å². The van der Waals surface area contributed by atoms with Gasteiger partial charge in [0.25, 0.3) is 0 Å². The summed E-state index contributed by atoms with van der Waals surface area (Å²) in [4.78, 5) is 0. The Morgan fingerprint density at radius 1 is 1.14 bits per heavy atom. The molecule has 0 aromatic rings. The Morgan fingerprint density at radius 3 is 1.93 bits per heavy atom. The monoisotopic (exact) mass is 203 g/mol. The Hall–Kier alpha value is -0.180. The van der Waals surface area contributed by atoms with Crippen molar-refractivity contribution in [1.82, 2.24) is 0 Å². The van der Waals surface area contributed by atoms with E-state index in [4.69, 9.17) is 5.73 Å². The largest absolute Gasteiger partial charge is 0.327 e. The molecule has 0 amide bonds. The lowest BCUT2D eigenvalue weighted by Gasteiger charge is -2.29. The highest BCUT2D eigenvalue weighted by Crippen LogP contribution is 2.58. The smallest absolute Gasteiger partial charge is 0.248 e. The van der Waals surface area contributed by atoms with Gasteiger partial charge in [0.15, 0.2) is 0 Å². The summed E-state index contributed by atoms with van der Waals surface area (Å²) >= 11 is 0. The van der Waals surface area contributed by atoms with Crippen molar-refractivity contribution in [2.75, 3.05) is 0 Å². The highest BCUT2D eigenvalue weighted by molar-refractivity contribution is 5.11. The first-order valence-corrected chi connectivity index (χ1v) is 5.48. The van der Waals surface area contributed by atoms with Crippen molar-refractivity contribution in [2.24, 2.45) is 23.0 Å². The predicted molar refractivity (Wildman–Crippen MR) is 52.2 cm³/mol. The van der Waals surface area contributed by atoms with Crippen LogP contribution in [-0.2, 0) is 0 Å². The molecular formula is C11H19F2N. The van der Waals surface area contributed by atoms with Crippen LogP contribution >= 0.6 is 0 Å². The van der Waals surface area contributed by atoms with Crippen molar-refractivity contribution in [3.63, 3.8) is 0 Å². The van der Waals surface area contributed by atoms with Gasteiger partial charge in [0, 0.05) is 18.9 Å². The fourth-order valence-corrected chi connectivity index (χ4v) is 3.04. The van der Waals surface area contributed by atoms with Crippen molar-refractivity contribution >= 4 is 0 Å². The van der Waals surface area contributed by atoms with Crippen LogP contribution in [0.3, 0.4) is 0 Å². The number of rotatable bonds is 1. The van der Waals surface area contributed by atoms with Gasteiger partial charge in [-0.2, -0.15) is 0 Å². The minimum absolute atomic E-state index is 0.0664. The molecule has 2 aliphatic rings. The summed E-state index contributed by atoms with van der Waals surface area (Å²) < 4.78 is 25.8. The quantitative estimate of drug-likeness (QED) is 0.696. The predicted octanol–water partition coefficient (Wildman–Crippen LogP) is 2.80. The lowest BCUT2D eigenvalue weighted by atomic mass is 9.81. The zero-order chi connectivity index (χ0) is 10.6. The van der Waals surface area contributed by atoms with Gasteiger partial charge < -0.3 is 5.73 Å². The van der Waals surface area contributed by atoms with Crippen molar-refractivity contribution in [2.45, 2.75) is 51.5 Å². The first-order chi connectivity index (χ1) is 6.34. The van der Waals surface area contributed by atoms with Gasteiger partial charge in [0.2, 0.25) is 5.92 Å². The molecule has 0 saturated heterocycles. The average Bonchev–Trinajstić information content (AvgIpc) is 2.54. The summed E-state index contributed by atoms with van der Waals surface area (Å²) in [5.74, 6) is -1.47. The van der Waals surface area contributed by atoms with Crippen LogP contribution in [-0.4, -0.2) is 12.0 Å². The highest BCUT2D eigenvalue weighted by atomic mass is 19.3. The van der Waals surface area contributed by atoms with Gasteiger partial charge >= 0.3 is 0 Å². The maximum Gasteiger partial charge on any atom is 0.248 e. The molecule has 0 heterocycles.